The number of amides is 1. The summed E-state index contributed by atoms with van der Waals surface area (Å²) in [6, 6.07) is 0.00548. The number of hydrogen-bond donors (Lipinski definition) is 0. The molecule has 1 rings (SSSR count). The van der Waals surface area contributed by atoms with Crippen LogP contribution in [-0.2, 0) is 4.79 Å². The first kappa shape index (κ1) is 12.5. The van der Waals surface area contributed by atoms with Gasteiger partial charge in [0.15, 0.2) is 0 Å². The van der Waals surface area contributed by atoms with E-state index in [9.17, 15) is 4.79 Å². The molecule has 0 saturated carbocycles. The number of nitrogens with zero attached hydrogens (tertiary/aromatic N) is 2. The Bertz CT molecular complexity index is 236. The second-order valence-electron chi connectivity index (χ2n) is 5.95. The van der Waals surface area contributed by atoms with Gasteiger partial charge in [-0.2, -0.15) is 0 Å². The summed E-state index contributed by atoms with van der Waals surface area (Å²) in [6.45, 7) is 10.6. The molecule has 0 aromatic rings. The predicted octanol–water partition coefficient (Wildman–Crippen LogP) is 1.44. The summed E-state index contributed by atoms with van der Waals surface area (Å²) < 4.78 is 0. The van der Waals surface area contributed by atoms with Gasteiger partial charge < -0.3 is 4.90 Å². The van der Waals surface area contributed by atoms with Gasteiger partial charge in [-0.1, -0.05) is 20.8 Å². The molecule has 1 aliphatic heterocycles. The van der Waals surface area contributed by atoms with Gasteiger partial charge in [0.2, 0.25) is 5.91 Å². The first-order valence-electron chi connectivity index (χ1n) is 5.68. The molecular formula is C12H24N2O. The average molecular weight is 212 g/mol. The van der Waals surface area contributed by atoms with E-state index in [-0.39, 0.29) is 11.9 Å². The molecule has 0 bridgehead atoms. The average Bonchev–Trinajstić information content (AvgIpc) is 1.96. The van der Waals surface area contributed by atoms with Crippen LogP contribution in [0.5, 0.6) is 0 Å². The van der Waals surface area contributed by atoms with E-state index < -0.39 is 0 Å². The van der Waals surface area contributed by atoms with E-state index in [1.165, 1.54) is 0 Å². The number of likely N-dealkylation sites (N-methyl/N-ethyl adjacent to an activating group) is 1. The third kappa shape index (κ3) is 2.71. The molecule has 3 heteroatoms. The maximum Gasteiger partial charge on any atom is 0.239 e. The van der Waals surface area contributed by atoms with Crippen LogP contribution in [0, 0.1) is 11.3 Å². The van der Waals surface area contributed by atoms with Gasteiger partial charge >= 0.3 is 0 Å². The topological polar surface area (TPSA) is 23.6 Å². The Kier molecular flexibility index (Phi) is 3.44. The minimum atomic E-state index is 0.00548. The van der Waals surface area contributed by atoms with Gasteiger partial charge in [-0.25, -0.2) is 0 Å². The first-order chi connectivity index (χ1) is 6.73. The quantitative estimate of drug-likeness (QED) is 0.691. The minimum absolute atomic E-state index is 0.00548. The molecule has 1 atom stereocenters. The van der Waals surface area contributed by atoms with E-state index >= 15 is 0 Å². The minimum Gasteiger partial charge on any atom is -0.341 e. The smallest absolute Gasteiger partial charge is 0.239 e. The Morgan fingerprint density at radius 3 is 2.13 bits per heavy atom. The van der Waals surface area contributed by atoms with Gasteiger partial charge in [-0.15, -0.1) is 0 Å². The van der Waals surface area contributed by atoms with Crippen molar-refractivity contribution in [1.82, 2.24) is 9.80 Å². The molecule has 0 N–H and O–H groups in total. The van der Waals surface area contributed by atoms with Gasteiger partial charge in [0.1, 0.15) is 0 Å². The van der Waals surface area contributed by atoms with Crippen molar-refractivity contribution in [2.45, 2.75) is 33.7 Å². The first-order valence-corrected chi connectivity index (χ1v) is 5.68. The Morgan fingerprint density at radius 1 is 1.33 bits per heavy atom. The van der Waals surface area contributed by atoms with E-state index in [1.807, 2.05) is 30.8 Å². The largest absolute Gasteiger partial charge is 0.341 e. The molecular weight excluding hydrogens is 188 g/mol. The highest BCUT2D eigenvalue weighted by Crippen LogP contribution is 2.33. The van der Waals surface area contributed by atoms with E-state index in [2.05, 4.69) is 20.8 Å². The van der Waals surface area contributed by atoms with Crippen LogP contribution in [0.25, 0.3) is 0 Å². The third-order valence-corrected chi connectivity index (χ3v) is 3.55. The predicted molar refractivity (Wildman–Crippen MR) is 62.7 cm³/mol. The highest BCUT2D eigenvalue weighted by Gasteiger charge is 2.39. The molecule has 0 radical (unpaired) electrons. The van der Waals surface area contributed by atoms with E-state index in [1.54, 1.807) is 0 Å². The molecule has 0 aliphatic carbocycles. The Labute approximate surface area is 93.4 Å². The van der Waals surface area contributed by atoms with E-state index in [0.29, 0.717) is 11.3 Å². The lowest BCUT2D eigenvalue weighted by Gasteiger charge is -2.47. The van der Waals surface area contributed by atoms with Gasteiger partial charge in [-0.3, -0.25) is 9.69 Å². The van der Waals surface area contributed by atoms with Crippen molar-refractivity contribution in [3.63, 3.8) is 0 Å². The zero-order chi connectivity index (χ0) is 11.8. The second kappa shape index (κ2) is 4.12. The van der Waals surface area contributed by atoms with Gasteiger partial charge in [0, 0.05) is 13.1 Å². The molecule has 0 aromatic heterocycles. The van der Waals surface area contributed by atoms with Crippen molar-refractivity contribution in [3.8, 4) is 0 Å². The standard InChI is InChI=1S/C12H24N2O/c1-9(13(5)6)11(15)14-7-10(8-14)12(2,3)4/h9-10H,7-8H2,1-6H3/t9-/m1/s1. The lowest BCUT2D eigenvalue weighted by Crippen LogP contribution is -2.58. The molecule has 0 aromatic carbocycles. The van der Waals surface area contributed by atoms with Crippen molar-refractivity contribution in [2.75, 3.05) is 27.2 Å². The normalized spacial score (nSPS) is 20.3. The highest BCUT2D eigenvalue weighted by molar-refractivity contribution is 5.82. The van der Waals surface area contributed by atoms with Crippen LogP contribution >= 0.6 is 0 Å². The summed E-state index contributed by atoms with van der Waals surface area (Å²) in [5.41, 5.74) is 0.331. The molecule has 15 heavy (non-hydrogen) atoms. The SMILES string of the molecule is C[C@H](C(=O)N1CC(C(C)(C)C)C1)N(C)C. The Hall–Kier alpha value is -0.570. The Morgan fingerprint density at radius 2 is 1.80 bits per heavy atom. The maximum atomic E-state index is 11.9. The summed E-state index contributed by atoms with van der Waals surface area (Å²) in [4.78, 5) is 15.9. The lowest BCUT2D eigenvalue weighted by molar-refractivity contribution is -0.144. The lowest BCUT2D eigenvalue weighted by atomic mass is 9.76. The fourth-order valence-electron chi connectivity index (χ4n) is 1.69. The molecule has 0 unspecified atom stereocenters. The van der Waals surface area contributed by atoms with Crippen LogP contribution in [0.2, 0.25) is 0 Å². The summed E-state index contributed by atoms with van der Waals surface area (Å²) in [7, 11) is 3.90. The van der Waals surface area contributed by atoms with Crippen LogP contribution in [-0.4, -0.2) is 48.9 Å². The van der Waals surface area contributed by atoms with Crippen LogP contribution < -0.4 is 0 Å². The number of rotatable bonds is 2. The number of carbonyl (C=O) groups is 1. The van der Waals surface area contributed by atoms with Gasteiger partial charge in [-0.05, 0) is 32.4 Å². The van der Waals surface area contributed by atoms with Crippen molar-refractivity contribution >= 4 is 5.91 Å². The molecule has 88 valence electrons. The fourth-order valence-corrected chi connectivity index (χ4v) is 1.69. The van der Waals surface area contributed by atoms with Gasteiger partial charge in [0.05, 0.1) is 6.04 Å². The zero-order valence-corrected chi connectivity index (χ0v) is 10.9. The van der Waals surface area contributed by atoms with Crippen LogP contribution in [0.4, 0.5) is 0 Å². The Balaban J connectivity index is 2.42. The summed E-state index contributed by atoms with van der Waals surface area (Å²) in [5.74, 6) is 0.927. The summed E-state index contributed by atoms with van der Waals surface area (Å²) in [6.07, 6.45) is 0. The van der Waals surface area contributed by atoms with Crippen molar-refractivity contribution in [3.05, 3.63) is 0 Å². The summed E-state index contributed by atoms with van der Waals surface area (Å²) in [5, 5.41) is 0. The van der Waals surface area contributed by atoms with E-state index in [4.69, 9.17) is 0 Å². The summed E-state index contributed by atoms with van der Waals surface area (Å²) >= 11 is 0. The molecule has 1 aliphatic rings. The maximum absolute atomic E-state index is 11.9. The number of hydrogen-bond acceptors (Lipinski definition) is 2. The monoisotopic (exact) mass is 212 g/mol. The molecule has 1 amide bonds. The fraction of sp³-hybridized carbons (Fsp3) is 0.917. The molecule has 3 nitrogen and oxygen atoms in total. The van der Waals surface area contributed by atoms with Crippen LogP contribution in [0.3, 0.4) is 0 Å². The van der Waals surface area contributed by atoms with Crippen molar-refractivity contribution in [2.24, 2.45) is 11.3 Å². The van der Waals surface area contributed by atoms with Crippen LogP contribution in [0.1, 0.15) is 27.7 Å². The van der Waals surface area contributed by atoms with Crippen molar-refractivity contribution < 1.29 is 4.79 Å². The van der Waals surface area contributed by atoms with Crippen LogP contribution in [0.15, 0.2) is 0 Å². The molecule has 1 heterocycles. The highest BCUT2D eigenvalue weighted by atomic mass is 16.2. The third-order valence-electron chi connectivity index (χ3n) is 3.55. The molecule has 0 spiro atoms. The number of likely N-dealkylation sites (tertiary alicyclic amines) is 1. The second-order valence-corrected chi connectivity index (χ2v) is 5.95. The van der Waals surface area contributed by atoms with Crippen molar-refractivity contribution in [1.29, 1.82) is 0 Å². The molecule has 1 fully saturated rings. The molecule has 1 saturated heterocycles. The van der Waals surface area contributed by atoms with Gasteiger partial charge in [0.25, 0.3) is 0 Å². The van der Waals surface area contributed by atoms with E-state index in [0.717, 1.165) is 13.1 Å². The number of carbonyl (C=O) groups excluding carboxylic acids is 1. The zero-order valence-electron chi connectivity index (χ0n) is 10.9.